The van der Waals surface area contributed by atoms with E-state index < -0.39 is 0 Å². The second-order valence-corrected chi connectivity index (χ2v) is 9.66. The molecule has 0 unspecified atom stereocenters. The van der Waals surface area contributed by atoms with E-state index in [1.165, 1.54) is 0 Å². The lowest BCUT2D eigenvalue weighted by molar-refractivity contribution is 0.461. The fraction of sp³-hybridized carbons (Fsp3) is 0.0312. The molecule has 4 nitrogen and oxygen atoms in total. The molecule has 1 aromatic heterocycles. The summed E-state index contributed by atoms with van der Waals surface area (Å²) in [6.07, 6.45) is 0. The van der Waals surface area contributed by atoms with Gasteiger partial charge in [0.15, 0.2) is 5.75 Å². The number of rotatable bonds is 1. The highest BCUT2D eigenvalue weighted by molar-refractivity contribution is 6.98. The van der Waals surface area contributed by atoms with Gasteiger partial charge in [-0.05, 0) is 41.6 Å². The lowest BCUT2D eigenvalue weighted by Gasteiger charge is -2.35. The lowest BCUT2D eigenvalue weighted by Crippen LogP contribution is -2.57. The molecule has 5 aromatic carbocycles. The van der Waals surface area contributed by atoms with Crippen LogP contribution in [0.1, 0.15) is 11.1 Å². The number of fused-ring (bicyclic) bond motifs is 7. The number of aryl methyl sites for hydroxylation is 1. The number of benzene rings is 5. The highest BCUT2D eigenvalue weighted by Gasteiger charge is 2.42. The van der Waals surface area contributed by atoms with Gasteiger partial charge >= 0.3 is 0 Å². The largest absolute Gasteiger partial charge is 0.458 e. The van der Waals surface area contributed by atoms with Gasteiger partial charge in [-0.25, -0.2) is 0 Å². The zero-order valence-electron chi connectivity index (χ0n) is 20.0. The van der Waals surface area contributed by atoms with Crippen molar-refractivity contribution in [3.8, 4) is 34.8 Å². The van der Waals surface area contributed by atoms with Crippen LogP contribution in [0.5, 0.6) is 23.0 Å². The molecule has 0 spiro atoms. The average molecular weight is 474 g/mol. The monoisotopic (exact) mass is 474 g/mol. The molecule has 3 heterocycles. The van der Waals surface area contributed by atoms with Crippen molar-refractivity contribution in [1.82, 2.24) is 4.57 Å². The van der Waals surface area contributed by atoms with E-state index in [0.29, 0.717) is 17.1 Å². The molecule has 0 radical (unpaired) electrons. The summed E-state index contributed by atoms with van der Waals surface area (Å²) in [6.45, 7) is 2.01. The van der Waals surface area contributed by atoms with E-state index in [4.69, 9.17) is 9.47 Å². The van der Waals surface area contributed by atoms with Crippen LogP contribution < -0.4 is 25.9 Å². The van der Waals surface area contributed by atoms with E-state index in [9.17, 15) is 5.26 Å². The summed E-state index contributed by atoms with van der Waals surface area (Å²) in [5.74, 6) is 3.02. The Morgan fingerprint density at radius 3 is 2.11 bits per heavy atom. The van der Waals surface area contributed by atoms with E-state index in [2.05, 4.69) is 84.3 Å². The molecular weight excluding hydrogens is 455 g/mol. The summed E-state index contributed by atoms with van der Waals surface area (Å²) in [6, 6.07) is 35.5. The maximum Gasteiger partial charge on any atom is 0.260 e. The average Bonchev–Trinajstić information content (AvgIpc) is 3.27. The van der Waals surface area contributed by atoms with Crippen LogP contribution in [0.3, 0.4) is 0 Å². The summed E-state index contributed by atoms with van der Waals surface area (Å²) >= 11 is 0. The molecule has 0 N–H and O–H groups in total. The van der Waals surface area contributed by atoms with Crippen LogP contribution in [-0.2, 0) is 0 Å². The SMILES string of the molecule is Cc1cccc2c1Oc1cc(C#N)c(-n3c4ccccc4c4ccccc43)c3c1B2c1ccccc1O3. The molecule has 0 aliphatic carbocycles. The number of hydrogen-bond donors (Lipinski definition) is 0. The third-order valence-corrected chi connectivity index (χ3v) is 7.68. The Morgan fingerprint density at radius 1 is 0.703 bits per heavy atom. The number of aromatic nitrogens is 1. The first-order valence-corrected chi connectivity index (χ1v) is 12.4. The Hall–Kier alpha value is -4.95. The minimum Gasteiger partial charge on any atom is -0.458 e. The van der Waals surface area contributed by atoms with Crippen molar-refractivity contribution in [2.24, 2.45) is 0 Å². The van der Waals surface area contributed by atoms with Crippen LogP contribution in [-0.4, -0.2) is 11.3 Å². The van der Waals surface area contributed by atoms with Crippen molar-refractivity contribution in [1.29, 1.82) is 5.26 Å². The number of nitrogens with zero attached hydrogens (tertiary/aromatic N) is 2. The molecule has 0 bridgehead atoms. The van der Waals surface area contributed by atoms with Crippen LogP contribution in [0.25, 0.3) is 27.5 Å². The molecular formula is C32H19BN2O2. The maximum absolute atomic E-state index is 10.4. The first kappa shape index (κ1) is 20.3. The third kappa shape index (κ3) is 2.62. The van der Waals surface area contributed by atoms with E-state index in [-0.39, 0.29) is 6.71 Å². The van der Waals surface area contributed by atoms with Crippen molar-refractivity contribution in [2.75, 3.05) is 0 Å². The fourth-order valence-corrected chi connectivity index (χ4v) is 6.12. The Morgan fingerprint density at radius 2 is 1.35 bits per heavy atom. The van der Waals surface area contributed by atoms with Gasteiger partial charge in [0.2, 0.25) is 0 Å². The number of nitriles is 1. The third-order valence-electron chi connectivity index (χ3n) is 7.68. The highest BCUT2D eigenvalue weighted by atomic mass is 16.5. The fourth-order valence-electron chi connectivity index (χ4n) is 6.12. The van der Waals surface area contributed by atoms with Gasteiger partial charge in [-0.15, -0.1) is 0 Å². The summed E-state index contributed by atoms with van der Waals surface area (Å²) < 4.78 is 15.4. The van der Waals surface area contributed by atoms with E-state index in [1.807, 2.05) is 30.3 Å². The Balaban J connectivity index is 1.54. The quantitative estimate of drug-likeness (QED) is 0.287. The van der Waals surface area contributed by atoms with E-state index in [1.54, 1.807) is 0 Å². The molecule has 2 aliphatic heterocycles. The van der Waals surface area contributed by atoms with Crippen LogP contribution in [0, 0.1) is 18.3 Å². The van der Waals surface area contributed by atoms with Crippen molar-refractivity contribution in [3.05, 3.63) is 108 Å². The molecule has 8 rings (SSSR count). The van der Waals surface area contributed by atoms with Gasteiger partial charge in [0.05, 0.1) is 16.6 Å². The van der Waals surface area contributed by atoms with Gasteiger partial charge in [-0.3, -0.25) is 0 Å². The first-order chi connectivity index (χ1) is 18.2. The predicted molar refractivity (Wildman–Crippen MR) is 148 cm³/mol. The summed E-state index contributed by atoms with van der Waals surface area (Å²) in [5, 5.41) is 12.7. The molecule has 0 saturated heterocycles. The van der Waals surface area contributed by atoms with Crippen LogP contribution in [0.4, 0.5) is 0 Å². The zero-order valence-corrected chi connectivity index (χ0v) is 20.0. The summed E-state index contributed by atoms with van der Waals surface area (Å²) in [7, 11) is 0. The van der Waals surface area contributed by atoms with Gasteiger partial charge in [0.25, 0.3) is 6.71 Å². The molecule has 0 amide bonds. The minimum absolute atomic E-state index is 0.0572. The second kappa shape index (κ2) is 7.28. The smallest absolute Gasteiger partial charge is 0.260 e. The Bertz CT molecular complexity index is 1930. The lowest BCUT2D eigenvalue weighted by atomic mass is 9.34. The van der Waals surface area contributed by atoms with E-state index in [0.717, 1.165) is 60.9 Å². The maximum atomic E-state index is 10.4. The van der Waals surface area contributed by atoms with Gasteiger partial charge in [0.1, 0.15) is 29.0 Å². The first-order valence-electron chi connectivity index (χ1n) is 12.4. The molecule has 0 fully saturated rings. The van der Waals surface area contributed by atoms with Crippen molar-refractivity contribution < 1.29 is 9.47 Å². The molecule has 37 heavy (non-hydrogen) atoms. The molecule has 0 atom stereocenters. The van der Waals surface area contributed by atoms with Crippen molar-refractivity contribution in [2.45, 2.75) is 6.92 Å². The van der Waals surface area contributed by atoms with Crippen LogP contribution in [0.2, 0.25) is 0 Å². The minimum atomic E-state index is -0.0572. The number of ether oxygens (including phenoxy) is 2. The molecule has 0 saturated carbocycles. The van der Waals surface area contributed by atoms with Gasteiger partial charge in [-0.1, -0.05) is 72.8 Å². The molecule has 5 heteroatoms. The molecule has 2 aliphatic rings. The Kier molecular flexibility index (Phi) is 3.99. The van der Waals surface area contributed by atoms with Gasteiger partial charge in [0, 0.05) is 22.3 Å². The highest BCUT2D eigenvalue weighted by Crippen LogP contribution is 2.43. The van der Waals surface area contributed by atoms with Gasteiger partial charge in [-0.2, -0.15) is 5.26 Å². The van der Waals surface area contributed by atoms with Crippen molar-refractivity contribution in [3.63, 3.8) is 0 Å². The topological polar surface area (TPSA) is 47.2 Å². The summed E-state index contributed by atoms with van der Waals surface area (Å²) in [5.41, 5.74) is 7.57. The van der Waals surface area contributed by atoms with Crippen LogP contribution >= 0.6 is 0 Å². The normalized spacial score (nSPS) is 12.8. The Labute approximate surface area is 214 Å². The van der Waals surface area contributed by atoms with Crippen LogP contribution in [0.15, 0.2) is 97.1 Å². The predicted octanol–water partition coefficient (Wildman–Crippen LogP) is 5.69. The molecule has 172 valence electrons. The number of para-hydroxylation sites is 4. The standard InChI is InChI=1S/C32H19BN2O2/c1-19-9-8-13-24-31(19)37-28-17-20(18-34)30(32-29(28)33(24)23-12-4-7-16-27(23)36-32)35-25-14-5-2-10-21(25)22-11-3-6-15-26(22)35/h2-17H,1H3. The van der Waals surface area contributed by atoms with Crippen molar-refractivity contribution >= 4 is 44.9 Å². The second-order valence-electron chi connectivity index (χ2n) is 9.66. The van der Waals surface area contributed by atoms with E-state index >= 15 is 0 Å². The zero-order chi connectivity index (χ0) is 24.7. The number of hydrogen-bond acceptors (Lipinski definition) is 3. The summed E-state index contributed by atoms with van der Waals surface area (Å²) in [4.78, 5) is 0. The van der Waals surface area contributed by atoms with Gasteiger partial charge < -0.3 is 14.0 Å². The molecule has 6 aromatic rings.